The molecule has 2 heterocycles. The summed E-state index contributed by atoms with van der Waals surface area (Å²) >= 11 is 0. The standard InChI is InChI=1S/C20H24N4O3/c1-20(2,3)14-6-8-15(9-7-14)27-13-18-22-17(23-24-18)11-19(25)21-12-16-5-4-10-26-16/h4-10H,11-13H2,1-3H3,(H,21,25)(H,22,23,24). The molecule has 0 fully saturated rings. The monoisotopic (exact) mass is 368 g/mol. The minimum atomic E-state index is -0.171. The van der Waals surface area contributed by atoms with Crippen molar-refractivity contribution in [2.24, 2.45) is 0 Å². The summed E-state index contributed by atoms with van der Waals surface area (Å²) in [5, 5.41) is 9.62. The predicted octanol–water partition coefficient (Wildman–Crippen LogP) is 3.13. The maximum Gasteiger partial charge on any atom is 0.228 e. The number of hydrogen-bond donors (Lipinski definition) is 2. The second-order valence-corrected chi connectivity index (χ2v) is 7.29. The summed E-state index contributed by atoms with van der Waals surface area (Å²) in [6.07, 6.45) is 1.66. The van der Waals surface area contributed by atoms with E-state index in [4.69, 9.17) is 9.15 Å². The first kappa shape index (κ1) is 18.7. The molecule has 142 valence electrons. The van der Waals surface area contributed by atoms with Crippen LogP contribution < -0.4 is 10.1 Å². The van der Waals surface area contributed by atoms with Crippen molar-refractivity contribution in [3.63, 3.8) is 0 Å². The van der Waals surface area contributed by atoms with Gasteiger partial charge in [0.25, 0.3) is 0 Å². The molecule has 0 atom stereocenters. The number of ether oxygens (including phenoxy) is 1. The van der Waals surface area contributed by atoms with Crippen LogP contribution >= 0.6 is 0 Å². The Morgan fingerprint density at radius 2 is 2.00 bits per heavy atom. The van der Waals surface area contributed by atoms with Crippen LogP contribution in [0.4, 0.5) is 0 Å². The number of furan rings is 1. The summed E-state index contributed by atoms with van der Waals surface area (Å²) in [6.45, 7) is 7.11. The third kappa shape index (κ3) is 5.44. The van der Waals surface area contributed by atoms with Gasteiger partial charge in [-0.15, -0.1) is 0 Å². The normalized spacial score (nSPS) is 11.4. The lowest BCUT2D eigenvalue weighted by Gasteiger charge is -2.19. The summed E-state index contributed by atoms with van der Waals surface area (Å²) in [6, 6.07) is 11.6. The van der Waals surface area contributed by atoms with Crippen LogP contribution in [0.5, 0.6) is 5.75 Å². The lowest BCUT2D eigenvalue weighted by molar-refractivity contribution is -0.120. The lowest BCUT2D eigenvalue weighted by atomic mass is 9.87. The van der Waals surface area contributed by atoms with E-state index in [1.54, 1.807) is 18.4 Å². The van der Waals surface area contributed by atoms with Gasteiger partial charge in [-0.1, -0.05) is 32.9 Å². The zero-order valence-corrected chi connectivity index (χ0v) is 15.8. The Kier molecular flexibility index (Phi) is 5.59. The summed E-state index contributed by atoms with van der Waals surface area (Å²) < 4.78 is 10.9. The minimum absolute atomic E-state index is 0.0947. The summed E-state index contributed by atoms with van der Waals surface area (Å²) in [4.78, 5) is 16.2. The number of carbonyl (C=O) groups is 1. The van der Waals surface area contributed by atoms with Gasteiger partial charge in [0.15, 0.2) is 11.6 Å². The molecule has 7 heteroatoms. The molecule has 0 aliphatic carbocycles. The Morgan fingerprint density at radius 1 is 1.22 bits per heavy atom. The number of nitrogens with zero attached hydrogens (tertiary/aromatic N) is 2. The Balaban J connectivity index is 1.47. The van der Waals surface area contributed by atoms with Crippen molar-refractivity contribution in [3.05, 3.63) is 65.6 Å². The molecule has 0 aliphatic heterocycles. The van der Waals surface area contributed by atoms with Crippen molar-refractivity contribution in [3.8, 4) is 5.75 Å². The van der Waals surface area contributed by atoms with Crippen LogP contribution in [0.15, 0.2) is 47.1 Å². The third-order valence-electron chi connectivity index (χ3n) is 4.03. The topological polar surface area (TPSA) is 93.0 Å². The van der Waals surface area contributed by atoms with Gasteiger partial charge in [-0.05, 0) is 35.2 Å². The minimum Gasteiger partial charge on any atom is -0.486 e. The number of H-pyrrole nitrogens is 1. The first-order chi connectivity index (χ1) is 12.9. The molecule has 7 nitrogen and oxygen atoms in total. The molecule has 2 N–H and O–H groups in total. The van der Waals surface area contributed by atoms with Gasteiger partial charge in [-0.2, -0.15) is 5.10 Å². The Bertz CT molecular complexity index is 862. The number of aromatic nitrogens is 3. The van der Waals surface area contributed by atoms with E-state index in [1.807, 2.05) is 12.1 Å². The first-order valence-corrected chi connectivity index (χ1v) is 8.83. The zero-order chi connectivity index (χ0) is 19.3. The zero-order valence-electron chi connectivity index (χ0n) is 15.8. The summed E-state index contributed by atoms with van der Waals surface area (Å²) in [5.74, 6) is 2.29. The van der Waals surface area contributed by atoms with Gasteiger partial charge in [0.1, 0.15) is 18.1 Å². The van der Waals surface area contributed by atoms with Crippen molar-refractivity contribution >= 4 is 5.91 Å². The molecule has 0 saturated heterocycles. The van der Waals surface area contributed by atoms with Gasteiger partial charge < -0.3 is 14.5 Å². The first-order valence-electron chi connectivity index (χ1n) is 8.83. The van der Waals surface area contributed by atoms with E-state index in [0.29, 0.717) is 24.0 Å². The van der Waals surface area contributed by atoms with Gasteiger partial charge in [-0.25, -0.2) is 4.98 Å². The molecule has 0 aliphatic rings. The Hall–Kier alpha value is -3.09. The van der Waals surface area contributed by atoms with Gasteiger partial charge in [-0.3, -0.25) is 9.89 Å². The number of carbonyl (C=O) groups excluding carboxylic acids is 1. The van der Waals surface area contributed by atoms with Crippen LogP contribution in [0.25, 0.3) is 0 Å². The number of benzene rings is 1. The maximum atomic E-state index is 11.9. The number of nitrogens with one attached hydrogen (secondary N) is 2. The number of hydrogen-bond acceptors (Lipinski definition) is 5. The van der Waals surface area contributed by atoms with Crippen molar-refractivity contribution in [2.75, 3.05) is 0 Å². The van der Waals surface area contributed by atoms with E-state index in [2.05, 4.69) is 53.4 Å². The molecule has 0 bridgehead atoms. The molecule has 0 saturated carbocycles. The molecule has 1 aromatic carbocycles. The highest BCUT2D eigenvalue weighted by Crippen LogP contribution is 2.24. The third-order valence-corrected chi connectivity index (χ3v) is 4.03. The predicted molar refractivity (Wildman–Crippen MR) is 100 cm³/mol. The SMILES string of the molecule is CC(C)(C)c1ccc(OCc2nc(CC(=O)NCc3ccco3)n[nH]2)cc1. The summed E-state index contributed by atoms with van der Waals surface area (Å²) in [5.41, 5.74) is 1.35. The number of aromatic amines is 1. The van der Waals surface area contributed by atoms with E-state index in [9.17, 15) is 4.79 Å². The molecule has 1 amide bonds. The van der Waals surface area contributed by atoms with Crippen molar-refractivity contribution < 1.29 is 13.9 Å². The largest absolute Gasteiger partial charge is 0.486 e. The van der Waals surface area contributed by atoms with Crippen LogP contribution in [0.3, 0.4) is 0 Å². The molecular formula is C20H24N4O3. The van der Waals surface area contributed by atoms with E-state index >= 15 is 0 Å². The van der Waals surface area contributed by atoms with Crippen LogP contribution in [0, 0.1) is 0 Å². The number of amides is 1. The smallest absolute Gasteiger partial charge is 0.228 e. The van der Waals surface area contributed by atoms with Crippen LogP contribution in [0.2, 0.25) is 0 Å². The fraction of sp³-hybridized carbons (Fsp3) is 0.350. The molecule has 3 rings (SSSR count). The fourth-order valence-corrected chi connectivity index (χ4v) is 2.49. The van der Waals surface area contributed by atoms with Gasteiger partial charge in [0.05, 0.1) is 19.2 Å². The second kappa shape index (κ2) is 8.07. The highest BCUT2D eigenvalue weighted by molar-refractivity contribution is 5.77. The van der Waals surface area contributed by atoms with Crippen molar-refractivity contribution in [1.82, 2.24) is 20.5 Å². The fourth-order valence-electron chi connectivity index (χ4n) is 2.49. The quantitative estimate of drug-likeness (QED) is 0.668. The van der Waals surface area contributed by atoms with Crippen LogP contribution in [0.1, 0.15) is 43.7 Å². The van der Waals surface area contributed by atoms with Gasteiger partial charge in [0, 0.05) is 0 Å². The van der Waals surface area contributed by atoms with Crippen LogP contribution in [-0.2, 0) is 29.8 Å². The van der Waals surface area contributed by atoms with E-state index < -0.39 is 0 Å². The Morgan fingerprint density at radius 3 is 2.67 bits per heavy atom. The molecule has 0 radical (unpaired) electrons. The molecule has 0 spiro atoms. The van der Waals surface area contributed by atoms with Crippen molar-refractivity contribution in [1.29, 1.82) is 0 Å². The highest BCUT2D eigenvalue weighted by Gasteiger charge is 2.13. The van der Waals surface area contributed by atoms with E-state index in [1.165, 1.54) is 5.56 Å². The molecule has 3 aromatic rings. The van der Waals surface area contributed by atoms with Crippen LogP contribution in [-0.4, -0.2) is 21.1 Å². The molecule has 0 unspecified atom stereocenters. The molecular weight excluding hydrogens is 344 g/mol. The average molecular weight is 368 g/mol. The Labute approximate surface area is 158 Å². The maximum absolute atomic E-state index is 11.9. The highest BCUT2D eigenvalue weighted by atomic mass is 16.5. The number of rotatable bonds is 7. The summed E-state index contributed by atoms with van der Waals surface area (Å²) in [7, 11) is 0. The van der Waals surface area contributed by atoms with Gasteiger partial charge >= 0.3 is 0 Å². The van der Waals surface area contributed by atoms with Crippen molar-refractivity contribution in [2.45, 2.75) is 45.8 Å². The lowest BCUT2D eigenvalue weighted by Crippen LogP contribution is -2.24. The average Bonchev–Trinajstić information content (AvgIpc) is 3.30. The van der Waals surface area contributed by atoms with E-state index in [0.717, 1.165) is 5.75 Å². The molecule has 27 heavy (non-hydrogen) atoms. The molecule has 2 aromatic heterocycles. The second-order valence-electron chi connectivity index (χ2n) is 7.29. The van der Waals surface area contributed by atoms with Gasteiger partial charge in [0.2, 0.25) is 5.91 Å². The van der Waals surface area contributed by atoms with E-state index in [-0.39, 0.29) is 24.3 Å².